The van der Waals surface area contributed by atoms with Crippen LogP contribution in [0.15, 0.2) is 48.5 Å². The maximum absolute atomic E-state index is 10.0. The Bertz CT molecular complexity index is 734. The largest absolute Gasteiger partial charge is 0.504 e. The van der Waals surface area contributed by atoms with Gasteiger partial charge in [-0.1, -0.05) is 36.4 Å². The van der Waals surface area contributed by atoms with Crippen molar-refractivity contribution in [3.05, 3.63) is 59.7 Å². The molecule has 2 bridgehead atoms. The number of benzene rings is 2. The molecule has 1 N–H and O–H groups in total. The second-order valence-electron chi connectivity index (χ2n) is 7.71. The Kier molecular flexibility index (Phi) is 5.14. The van der Waals surface area contributed by atoms with Gasteiger partial charge in [-0.25, -0.2) is 0 Å². The molecule has 0 aliphatic carbocycles. The van der Waals surface area contributed by atoms with E-state index in [2.05, 4.69) is 46.2 Å². The normalized spacial score (nSPS) is 23.7. The Hall–Kier alpha value is -2.04. The third-order valence-corrected chi connectivity index (χ3v) is 5.78. The summed E-state index contributed by atoms with van der Waals surface area (Å²) in [4.78, 5) is 5.24. The van der Waals surface area contributed by atoms with E-state index in [0.29, 0.717) is 11.8 Å². The van der Waals surface area contributed by atoms with Crippen LogP contribution < -0.4 is 4.74 Å². The maximum atomic E-state index is 10.0. The molecule has 3 saturated heterocycles. The minimum atomic E-state index is 0.230. The summed E-state index contributed by atoms with van der Waals surface area (Å²) in [7, 11) is 1.59. The van der Waals surface area contributed by atoms with Gasteiger partial charge in [-0.3, -0.25) is 9.80 Å². The van der Waals surface area contributed by atoms with Gasteiger partial charge < -0.3 is 9.84 Å². The highest BCUT2D eigenvalue weighted by atomic mass is 16.5. The summed E-state index contributed by atoms with van der Waals surface area (Å²) in [6.07, 6.45) is 2.63. The molecule has 3 aliphatic heterocycles. The van der Waals surface area contributed by atoms with Crippen LogP contribution in [0.25, 0.3) is 0 Å². The molecule has 0 unspecified atom stereocenters. The van der Waals surface area contributed by atoms with E-state index in [0.717, 1.165) is 37.7 Å². The van der Waals surface area contributed by atoms with E-state index >= 15 is 0 Å². The van der Waals surface area contributed by atoms with Crippen LogP contribution in [0.4, 0.5) is 0 Å². The van der Waals surface area contributed by atoms with Crippen LogP contribution >= 0.6 is 0 Å². The second kappa shape index (κ2) is 7.68. The predicted molar refractivity (Wildman–Crippen MR) is 103 cm³/mol. The molecule has 5 rings (SSSR count). The smallest absolute Gasteiger partial charge is 0.160 e. The summed E-state index contributed by atoms with van der Waals surface area (Å²) in [6.45, 7) is 5.40. The minimum absolute atomic E-state index is 0.230. The van der Waals surface area contributed by atoms with Crippen LogP contribution in [0.3, 0.4) is 0 Å². The molecule has 2 aromatic rings. The summed E-state index contributed by atoms with van der Waals surface area (Å²) in [6, 6.07) is 17.2. The molecule has 0 radical (unpaired) electrons. The molecular formula is C22H28N2O2. The average molecular weight is 352 g/mol. The van der Waals surface area contributed by atoms with Gasteiger partial charge in [-0.15, -0.1) is 0 Å². The van der Waals surface area contributed by atoms with Crippen LogP contribution in [0.5, 0.6) is 11.5 Å². The number of hydrogen-bond acceptors (Lipinski definition) is 4. The van der Waals surface area contributed by atoms with Gasteiger partial charge >= 0.3 is 0 Å². The Labute approximate surface area is 156 Å². The molecule has 0 aromatic heterocycles. The zero-order valence-electron chi connectivity index (χ0n) is 15.5. The van der Waals surface area contributed by atoms with Crippen molar-refractivity contribution in [3.8, 4) is 11.5 Å². The highest BCUT2D eigenvalue weighted by Crippen LogP contribution is 2.31. The van der Waals surface area contributed by atoms with Crippen molar-refractivity contribution < 1.29 is 9.84 Å². The summed E-state index contributed by atoms with van der Waals surface area (Å²) in [5, 5.41) is 10.0. The summed E-state index contributed by atoms with van der Waals surface area (Å²) < 4.78 is 5.15. The fourth-order valence-corrected chi connectivity index (χ4v) is 4.51. The van der Waals surface area contributed by atoms with Gasteiger partial charge in [0, 0.05) is 38.8 Å². The van der Waals surface area contributed by atoms with Crippen LogP contribution in [-0.2, 0) is 13.1 Å². The molecule has 26 heavy (non-hydrogen) atoms. The number of methoxy groups -OCH3 is 1. The first-order chi connectivity index (χ1) is 12.7. The standard InChI is InChI=1S/C22H28N2O2/c1-26-22-10-8-18(11-21(22)25)12-23-13-19-7-9-20(16-23)24(15-19)14-17-5-3-2-4-6-17/h2-6,8,10-11,19-20,25H,7,9,12-16H2,1H3/t19-,20+/m1/s1. The molecule has 138 valence electrons. The molecule has 2 atom stereocenters. The lowest BCUT2D eigenvalue weighted by Crippen LogP contribution is -2.43. The van der Waals surface area contributed by atoms with Gasteiger partial charge in [-0.2, -0.15) is 0 Å². The molecule has 4 nitrogen and oxygen atoms in total. The number of rotatable bonds is 5. The molecule has 0 amide bonds. The number of fused-ring (bicyclic) bond motifs is 4. The number of nitrogens with zero attached hydrogens (tertiary/aromatic N) is 2. The Balaban J connectivity index is 1.43. The summed E-state index contributed by atoms with van der Waals surface area (Å²) in [5.74, 6) is 1.51. The number of ether oxygens (including phenoxy) is 1. The maximum Gasteiger partial charge on any atom is 0.160 e. The highest BCUT2D eigenvalue weighted by Gasteiger charge is 2.34. The van der Waals surface area contributed by atoms with Gasteiger partial charge in [0.05, 0.1) is 7.11 Å². The highest BCUT2D eigenvalue weighted by molar-refractivity contribution is 5.41. The van der Waals surface area contributed by atoms with Gasteiger partial charge in [-0.05, 0) is 42.0 Å². The van der Waals surface area contributed by atoms with Gasteiger partial charge in [0.25, 0.3) is 0 Å². The zero-order chi connectivity index (χ0) is 17.9. The molecular weight excluding hydrogens is 324 g/mol. The Morgan fingerprint density at radius 1 is 0.962 bits per heavy atom. The number of hydrogen-bond donors (Lipinski definition) is 1. The van der Waals surface area contributed by atoms with Crippen molar-refractivity contribution in [2.24, 2.45) is 5.92 Å². The molecule has 2 aromatic carbocycles. The number of phenolic OH excluding ortho intramolecular Hbond substituents is 1. The fraction of sp³-hybridized carbons (Fsp3) is 0.455. The van der Waals surface area contributed by atoms with E-state index in [9.17, 15) is 5.11 Å². The van der Waals surface area contributed by atoms with Crippen LogP contribution in [0.1, 0.15) is 24.0 Å². The first kappa shape index (κ1) is 17.4. The lowest BCUT2D eigenvalue weighted by Gasteiger charge is -2.36. The third-order valence-electron chi connectivity index (χ3n) is 5.78. The first-order valence-electron chi connectivity index (χ1n) is 9.57. The van der Waals surface area contributed by atoms with E-state index < -0.39 is 0 Å². The number of piperidine rings is 1. The van der Waals surface area contributed by atoms with Crippen LogP contribution in [0.2, 0.25) is 0 Å². The molecule has 3 heterocycles. The fourth-order valence-electron chi connectivity index (χ4n) is 4.51. The molecule has 4 heteroatoms. The Morgan fingerprint density at radius 3 is 2.58 bits per heavy atom. The lowest BCUT2D eigenvalue weighted by molar-refractivity contribution is 0.123. The molecule has 0 saturated carbocycles. The zero-order valence-corrected chi connectivity index (χ0v) is 15.5. The van der Waals surface area contributed by atoms with Gasteiger partial charge in [0.2, 0.25) is 0 Å². The van der Waals surface area contributed by atoms with Crippen LogP contribution in [0, 0.1) is 5.92 Å². The van der Waals surface area contributed by atoms with Crippen molar-refractivity contribution in [1.29, 1.82) is 0 Å². The van der Waals surface area contributed by atoms with E-state index in [1.807, 2.05) is 12.1 Å². The van der Waals surface area contributed by atoms with Crippen molar-refractivity contribution in [1.82, 2.24) is 9.80 Å². The SMILES string of the molecule is COc1ccc(CN2C[C@H]3CC[C@@H](C2)N(Cc2ccccc2)C3)cc1O. The molecule has 0 spiro atoms. The van der Waals surface area contributed by atoms with Crippen molar-refractivity contribution >= 4 is 0 Å². The van der Waals surface area contributed by atoms with Gasteiger partial charge in [0.1, 0.15) is 0 Å². The van der Waals surface area contributed by atoms with Crippen molar-refractivity contribution in [2.75, 3.05) is 26.7 Å². The number of phenols is 1. The van der Waals surface area contributed by atoms with E-state index in [1.165, 1.54) is 24.9 Å². The van der Waals surface area contributed by atoms with Gasteiger partial charge in [0.15, 0.2) is 11.5 Å². The number of aromatic hydroxyl groups is 1. The molecule has 3 aliphatic rings. The van der Waals surface area contributed by atoms with Crippen molar-refractivity contribution in [2.45, 2.75) is 32.0 Å². The van der Waals surface area contributed by atoms with E-state index in [4.69, 9.17) is 4.74 Å². The van der Waals surface area contributed by atoms with Crippen LogP contribution in [-0.4, -0.2) is 47.7 Å². The predicted octanol–water partition coefficient (Wildman–Crippen LogP) is 3.50. The monoisotopic (exact) mass is 352 g/mol. The lowest BCUT2D eigenvalue weighted by atomic mass is 9.94. The first-order valence-corrected chi connectivity index (χ1v) is 9.57. The second-order valence-corrected chi connectivity index (χ2v) is 7.71. The average Bonchev–Trinajstić information content (AvgIpc) is 2.93. The van der Waals surface area contributed by atoms with Crippen molar-refractivity contribution in [3.63, 3.8) is 0 Å². The van der Waals surface area contributed by atoms with E-state index in [-0.39, 0.29) is 5.75 Å². The quantitative estimate of drug-likeness (QED) is 0.893. The van der Waals surface area contributed by atoms with E-state index in [1.54, 1.807) is 7.11 Å². The third kappa shape index (κ3) is 3.87. The minimum Gasteiger partial charge on any atom is -0.504 e. The Morgan fingerprint density at radius 2 is 1.81 bits per heavy atom. The molecule has 3 fully saturated rings. The topological polar surface area (TPSA) is 35.9 Å². The summed E-state index contributed by atoms with van der Waals surface area (Å²) in [5.41, 5.74) is 2.56. The summed E-state index contributed by atoms with van der Waals surface area (Å²) >= 11 is 0.